The zero-order valence-electron chi connectivity index (χ0n) is 10.4. The monoisotopic (exact) mass is 260 g/mol. The first kappa shape index (κ1) is 14.1. The minimum absolute atomic E-state index is 0.347. The molecule has 0 aliphatic heterocycles. The summed E-state index contributed by atoms with van der Waals surface area (Å²) in [6.45, 7) is 3.45. The molecule has 0 bridgehead atoms. The van der Waals surface area contributed by atoms with E-state index in [9.17, 15) is 12.8 Å². The Balaban J connectivity index is 3.00. The molecular weight excluding hydrogens is 243 g/mol. The van der Waals surface area contributed by atoms with Gasteiger partial charge in [0.25, 0.3) is 10.2 Å². The number of rotatable bonds is 4. The van der Waals surface area contributed by atoms with Crippen molar-refractivity contribution >= 4 is 10.2 Å². The Morgan fingerprint density at radius 1 is 1.18 bits per heavy atom. The first-order valence-electron chi connectivity index (χ1n) is 5.12. The van der Waals surface area contributed by atoms with Crippen molar-refractivity contribution in [1.82, 2.24) is 9.03 Å². The van der Waals surface area contributed by atoms with Gasteiger partial charge in [-0.15, -0.1) is 0 Å². The summed E-state index contributed by atoms with van der Waals surface area (Å²) in [6, 6.07) is 5.74. The smallest absolute Gasteiger partial charge is 0.207 e. The van der Waals surface area contributed by atoms with E-state index in [0.29, 0.717) is 5.56 Å². The van der Waals surface area contributed by atoms with Crippen molar-refractivity contribution in [2.24, 2.45) is 0 Å². The maximum absolute atomic E-state index is 12.8. The third-order valence-corrected chi connectivity index (χ3v) is 4.16. The first-order chi connectivity index (χ1) is 7.65. The van der Waals surface area contributed by atoms with Gasteiger partial charge in [0.05, 0.1) is 5.54 Å². The van der Waals surface area contributed by atoms with Gasteiger partial charge in [0.2, 0.25) is 0 Å². The highest BCUT2D eigenvalue weighted by atomic mass is 32.2. The number of benzene rings is 1. The molecule has 0 aromatic heterocycles. The molecule has 0 radical (unpaired) electrons. The summed E-state index contributed by atoms with van der Waals surface area (Å²) >= 11 is 0. The van der Waals surface area contributed by atoms with Gasteiger partial charge in [-0.25, -0.2) is 4.39 Å². The maximum atomic E-state index is 12.8. The lowest BCUT2D eigenvalue weighted by molar-refractivity contribution is 0.437. The van der Waals surface area contributed by atoms with Gasteiger partial charge in [-0.3, -0.25) is 0 Å². The second-order valence-electron chi connectivity index (χ2n) is 4.52. The van der Waals surface area contributed by atoms with Crippen LogP contribution in [0, 0.1) is 5.82 Å². The summed E-state index contributed by atoms with van der Waals surface area (Å²) in [4.78, 5) is 0. The van der Waals surface area contributed by atoms with Gasteiger partial charge in [-0.05, 0) is 31.5 Å². The standard InChI is InChI=1S/C11H17FN2O2S/c1-11(2,13-17(15,16)14(3)4)9-5-7-10(12)8-6-9/h5-8,13H,1-4H3. The highest BCUT2D eigenvalue weighted by Gasteiger charge is 2.27. The van der Waals surface area contributed by atoms with Crippen LogP contribution in [0.2, 0.25) is 0 Å². The number of halogens is 1. The van der Waals surface area contributed by atoms with Crippen molar-refractivity contribution in [3.8, 4) is 0 Å². The van der Waals surface area contributed by atoms with Crippen molar-refractivity contribution in [2.75, 3.05) is 14.1 Å². The SMILES string of the molecule is CN(C)S(=O)(=O)NC(C)(C)c1ccc(F)cc1. The molecule has 0 unspecified atom stereocenters. The van der Waals surface area contributed by atoms with Crippen molar-refractivity contribution in [2.45, 2.75) is 19.4 Å². The molecule has 17 heavy (non-hydrogen) atoms. The van der Waals surface area contributed by atoms with E-state index in [0.717, 1.165) is 4.31 Å². The molecule has 4 nitrogen and oxygen atoms in total. The first-order valence-corrected chi connectivity index (χ1v) is 6.56. The molecule has 6 heteroatoms. The summed E-state index contributed by atoms with van der Waals surface area (Å²) in [5.41, 5.74) is -0.0964. The molecule has 96 valence electrons. The fourth-order valence-electron chi connectivity index (χ4n) is 1.34. The Bertz CT molecular complexity index is 481. The van der Waals surface area contributed by atoms with E-state index < -0.39 is 15.7 Å². The Kier molecular flexibility index (Phi) is 3.91. The van der Waals surface area contributed by atoms with E-state index in [1.807, 2.05) is 0 Å². The fourth-order valence-corrected chi connectivity index (χ4v) is 2.28. The molecule has 0 spiro atoms. The van der Waals surface area contributed by atoms with Gasteiger partial charge in [-0.1, -0.05) is 12.1 Å². The average molecular weight is 260 g/mol. The lowest BCUT2D eigenvalue weighted by Crippen LogP contribution is -2.46. The Morgan fingerprint density at radius 3 is 2.06 bits per heavy atom. The zero-order chi connectivity index (χ0) is 13.3. The normalized spacial score (nSPS) is 13.1. The minimum Gasteiger partial charge on any atom is -0.207 e. The third-order valence-electron chi connectivity index (χ3n) is 2.43. The quantitative estimate of drug-likeness (QED) is 0.891. The Morgan fingerprint density at radius 2 is 1.65 bits per heavy atom. The van der Waals surface area contributed by atoms with Gasteiger partial charge >= 0.3 is 0 Å². The average Bonchev–Trinajstić information content (AvgIpc) is 2.16. The summed E-state index contributed by atoms with van der Waals surface area (Å²) < 4.78 is 39.9. The number of hydrogen-bond donors (Lipinski definition) is 1. The van der Waals surface area contributed by atoms with Crippen LogP contribution in [-0.2, 0) is 15.7 Å². The molecule has 0 saturated carbocycles. The van der Waals surface area contributed by atoms with Crippen molar-refractivity contribution in [1.29, 1.82) is 0 Å². The third kappa shape index (κ3) is 3.49. The number of nitrogens with one attached hydrogen (secondary N) is 1. The van der Waals surface area contributed by atoms with Gasteiger partial charge in [0, 0.05) is 14.1 Å². The highest BCUT2D eigenvalue weighted by molar-refractivity contribution is 7.87. The second kappa shape index (κ2) is 4.72. The molecule has 1 aromatic rings. The van der Waals surface area contributed by atoms with E-state index >= 15 is 0 Å². The summed E-state index contributed by atoms with van der Waals surface area (Å²) in [7, 11) is -0.630. The number of hydrogen-bond acceptors (Lipinski definition) is 2. The van der Waals surface area contributed by atoms with Crippen LogP contribution >= 0.6 is 0 Å². The molecule has 0 aliphatic rings. The van der Waals surface area contributed by atoms with Gasteiger partial charge in [-0.2, -0.15) is 17.4 Å². The predicted octanol–water partition coefficient (Wildman–Crippen LogP) is 1.46. The Hall–Kier alpha value is -0.980. The van der Waals surface area contributed by atoms with Crippen LogP contribution < -0.4 is 4.72 Å². The van der Waals surface area contributed by atoms with E-state index in [4.69, 9.17) is 0 Å². The van der Waals surface area contributed by atoms with Crippen molar-refractivity contribution in [3.05, 3.63) is 35.6 Å². The second-order valence-corrected chi connectivity index (χ2v) is 6.41. The largest absolute Gasteiger partial charge is 0.279 e. The van der Waals surface area contributed by atoms with Crippen LogP contribution in [-0.4, -0.2) is 26.8 Å². The molecule has 0 saturated heterocycles. The highest BCUT2D eigenvalue weighted by Crippen LogP contribution is 2.21. The van der Waals surface area contributed by atoms with Crippen molar-refractivity contribution < 1.29 is 12.8 Å². The molecule has 1 rings (SSSR count). The summed E-state index contributed by atoms with van der Waals surface area (Å²) in [5.74, 6) is -0.347. The molecule has 0 amide bonds. The minimum atomic E-state index is -3.52. The van der Waals surface area contributed by atoms with Crippen LogP contribution in [0.5, 0.6) is 0 Å². The van der Waals surface area contributed by atoms with E-state index in [1.54, 1.807) is 26.0 Å². The van der Waals surface area contributed by atoms with Crippen LogP contribution in [0.3, 0.4) is 0 Å². The predicted molar refractivity (Wildman–Crippen MR) is 65.2 cm³/mol. The molecule has 0 heterocycles. The van der Waals surface area contributed by atoms with Gasteiger partial charge in [0.1, 0.15) is 5.82 Å². The van der Waals surface area contributed by atoms with E-state index in [1.165, 1.54) is 26.2 Å². The molecule has 1 N–H and O–H groups in total. The van der Waals surface area contributed by atoms with Gasteiger partial charge in [0.15, 0.2) is 0 Å². The van der Waals surface area contributed by atoms with Crippen LogP contribution in [0.25, 0.3) is 0 Å². The maximum Gasteiger partial charge on any atom is 0.279 e. The number of nitrogens with zero attached hydrogens (tertiary/aromatic N) is 1. The molecule has 0 atom stereocenters. The lowest BCUT2D eigenvalue weighted by Gasteiger charge is -2.28. The van der Waals surface area contributed by atoms with Crippen LogP contribution in [0.15, 0.2) is 24.3 Å². The van der Waals surface area contributed by atoms with Gasteiger partial charge < -0.3 is 0 Å². The zero-order valence-corrected chi connectivity index (χ0v) is 11.2. The summed E-state index contributed by atoms with van der Waals surface area (Å²) in [5, 5.41) is 0. The lowest BCUT2D eigenvalue weighted by atomic mass is 9.96. The van der Waals surface area contributed by atoms with Crippen LogP contribution in [0.4, 0.5) is 4.39 Å². The Labute approximate surface area is 102 Å². The van der Waals surface area contributed by atoms with E-state index in [2.05, 4.69) is 4.72 Å². The molecule has 0 fully saturated rings. The molecule has 0 aliphatic carbocycles. The van der Waals surface area contributed by atoms with Crippen LogP contribution in [0.1, 0.15) is 19.4 Å². The topological polar surface area (TPSA) is 49.4 Å². The van der Waals surface area contributed by atoms with Crippen molar-refractivity contribution in [3.63, 3.8) is 0 Å². The molecule has 1 aromatic carbocycles. The fraction of sp³-hybridized carbons (Fsp3) is 0.455. The molecular formula is C11H17FN2O2S. The summed E-state index contributed by atoms with van der Waals surface area (Å²) in [6.07, 6.45) is 0. The van der Waals surface area contributed by atoms with E-state index in [-0.39, 0.29) is 5.82 Å².